The number of para-hydroxylation sites is 1. The highest BCUT2D eigenvalue weighted by molar-refractivity contribution is 5.95. The SMILES string of the molecule is Cc1ccccc1Oc1cccnc1C(=N)N. The van der Waals surface area contributed by atoms with Gasteiger partial charge in [0.2, 0.25) is 0 Å². The Hall–Kier alpha value is -2.36. The van der Waals surface area contributed by atoms with Gasteiger partial charge < -0.3 is 10.5 Å². The van der Waals surface area contributed by atoms with Gasteiger partial charge in [-0.1, -0.05) is 18.2 Å². The van der Waals surface area contributed by atoms with Crippen LogP contribution in [-0.4, -0.2) is 10.8 Å². The second-order valence-corrected chi connectivity index (χ2v) is 3.63. The molecule has 1 heterocycles. The molecule has 17 heavy (non-hydrogen) atoms. The maximum absolute atomic E-state index is 7.43. The summed E-state index contributed by atoms with van der Waals surface area (Å²) in [6.07, 6.45) is 1.58. The van der Waals surface area contributed by atoms with E-state index in [1.54, 1.807) is 18.3 Å². The first-order valence-electron chi connectivity index (χ1n) is 5.21. The highest BCUT2D eigenvalue weighted by Gasteiger charge is 2.09. The molecule has 0 amide bonds. The van der Waals surface area contributed by atoms with Crippen LogP contribution < -0.4 is 10.5 Å². The minimum Gasteiger partial charge on any atom is -0.455 e. The van der Waals surface area contributed by atoms with Crippen molar-refractivity contribution in [2.45, 2.75) is 6.92 Å². The summed E-state index contributed by atoms with van der Waals surface area (Å²) in [6.45, 7) is 1.96. The Balaban J connectivity index is 2.37. The molecule has 0 radical (unpaired) electrons. The standard InChI is InChI=1S/C13H13N3O/c1-9-5-2-3-6-10(9)17-11-7-4-8-16-12(11)13(14)15/h2-8H,1H3,(H3,14,15). The van der Waals surface area contributed by atoms with Gasteiger partial charge in [-0.15, -0.1) is 0 Å². The van der Waals surface area contributed by atoms with Crippen molar-refractivity contribution in [2.24, 2.45) is 5.73 Å². The van der Waals surface area contributed by atoms with Crippen LogP contribution in [0.3, 0.4) is 0 Å². The maximum Gasteiger partial charge on any atom is 0.156 e. The van der Waals surface area contributed by atoms with Gasteiger partial charge >= 0.3 is 0 Å². The summed E-state index contributed by atoms with van der Waals surface area (Å²) in [5, 5.41) is 7.43. The molecule has 0 aliphatic heterocycles. The van der Waals surface area contributed by atoms with Gasteiger partial charge in [-0.2, -0.15) is 0 Å². The normalized spacial score (nSPS) is 9.94. The minimum atomic E-state index is -0.103. The molecule has 0 saturated carbocycles. The first-order chi connectivity index (χ1) is 8.18. The lowest BCUT2D eigenvalue weighted by Gasteiger charge is -2.10. The summed E-state index contributed by atoms with van der Waals surface area (Å²) < 4.78 is 5.72. The number of benzene rings is 1. The van der Waals surface area contributed by atoms with Crippen molar-refractivity contribution < 1.29 is 4.74 Å². The average molecular weight is 227 g/mol. The number of ether oxygens (including phenoxy) is 1. The van der Waals surface area contributed by atoms with Crippen molar-refractivity contribution >= 4 is 5.84 Å². The number of pyridine rings is 1. The molecule has 4 heteroatoms. The van der Waals surface area contributed by atoms with Crippen LogP contribution >= 0.6 is 0 Å². The van der Waals surface area contributed by atoms with Crippen LogP contribution in [0.5, 0.6) is 11.5 Å². The zero-order valence-electron chi connectivity index (χ0n) is 9.47. The largest absolute Gasteiger partial charge is 0.455 e. The first kappa shape index (κ1) is 11.1. The number of amidine groups is 1. The summed E-state index contributed by atoms with van der Waals surface area (Å²) in [5.74, 6) is 1.13. The predicted octanol–water partition coefficient (Wildman–Crippen LogP) is 2.47. The number of nitrogens with one attached hydrogen (secondary N) is 1. The van der Waals surface area contributed by atoms with Crippen molar-refractivity contribution in [3.05, 3.63) is 53.9 Å². The third kappa shape index (κ3) is 2.42. The van der Waals surface area contributed by atoms with E-state index in [1.807, 2.05) is 31.2 Å². The van der Waals surface area contributed by atoms with Gasteiger partial charge in [-0.05, 0) is 30.7 Å². The Morgan fingerprint density at radius 2 is 1.88 bits per heavy atom. The topological polar surface area (TPSA) is 72.0 Å². The number of hydrogen-bond acceptors (Lipinski definition) is 3. The van der Waals surface area contributed by atoms with Crippen LogP contribution in [-0.2, 0) is 0 Å². The smallest absolute Gasteiger partial charge is 0.156 e. The van der Waals surface area contributed by atoms with Crippen LogP contribution in [0.15, 0.2) is 42.6 Å². The summed E-state index contributed by atoms with van der Waals surface area (Å²) in [7, 11) is 0. The molecule has 86 valence electrons. The summed E-state index contributed by atoms with van der Waals surface area (Å²) >= 11 is 0. The number of nitrogens with two attached hydrogens (primary N) is 1. The van der Waals surface area contributed by atoms with Crippen LogP contribution in [0.25, 0.3) is 0 Å². The Kier molecular flexibility index (Phi) is 3.05. The van der Waals surface area contributed by atoms with E-state index in [0.29, 0.717) is 11.4 Å². The zero-order valence-corrected chi connectivity index (χ0v) is 9.47. The van der Waals surface area contributed by atoms with Gasteiger partial charge in [0, 0.05) is 6.20 Å². The number of nitrogen functional groups attached to an aromatic ring is 1. The molecule has 0 aliphatic rings. The fraction of sp³-hybridized carbons (Fsp3) is 0.0769. The number of hydrogen-bond donors (Lipinski definition) is 2. The second-order valence-electron chi connectivity index (χ2n) is 3.63. The minimum absolute atomic E-state index is 0.103. The molecule has 0 aliphatic carbocycles. The van der Waals surface area contributed by atoms with Gasteiger partial charge in [-0.3, -0.25) is 5.41 Å². The van der Waals surface area contributed by atoms with Gasteiger partial charge in [0.25, 0.3) is 0 Å². The Morgan fingerprint density at radius 1 is 1.18 bits per heavy atom. The molecule has 1 aromatic heterocycles. The molecule has 0 fully saturated rings. The molecular formula is C13H13N3O. The molecule has 1 aromatic carbocycles. The van der Waals surface area contributed by atoms with E-state index in [2.05, 4.69) is 4.98 Å². The lowest BCUT2D eigenvalue weighted by atomic mass is 10.2. The van der Waals surface area contributed by atoms with Crippen LogP contribution in [0.1, 0.15) is 11.3 Å². The third-order valence-electron chi connectivity index (χ3n) is 2.34. The highest BCUT2D eigenvalue weighted by Crippen LogP contribution is 2.26. The number of nitrogens with zero attached hydrogens (tertiary/aromatic N) is 1. The van der Waals surface area contributed by atoms with Gasteiger partial charge in [0.1, 0.15) is 17.3 Å². The summed E-state index contributed by atoms with van der Waals surface area (Å²) in [5.41, 5.74) is 6.82. The molecule has 0 atom stereocenters. The molecule has 3 N–H and O–H groups in total. The second kappa shape index (κ2) is 4.65. The molecule has 0 unspecified atom stereocenters. The quantitative estimate of drug-likeness (QED) is 0.625. The van der Waals surface area contributed by atoms with E-state index in [0.717, 1.165) is 11.3 Å². The summed E-state index contributed by atoms with van der Waals surface area (Å²) in [6, 6.07) is 11.2. The fourth-order valence-electron chi connectivity index (χ4n) is 1.46. The molecule has 2 aromatic rings. The zero-order chi connectivity index (χ0) is 12.3. The van der Waals surface area contributed by atoms with Crippen LogP contribution in [0.4, 0.5) is 0 Å². The van der Waals surface area contributed by atoms with E-state index in [1.165, 1.54) is 0 Å². The van der Waals surface area contributed by atoms with E-state index in [-0.39, 0.29) is 5.84 Å². The van der Waals surface area contributed by atoms with Crippen molar-refractivity contribution in [1.82, 2.24) is 4.98 Å². The average Bonchev–Trinajstić information content (AvgIpc) is 2.32. The van der Waals surface area contributed by atoms with Crippen molar-refractivity contribution in [2.75, 3.05) is 0 Å². The molecular weight excluding hydrogens is 214 g/mol. The lowest BCUT2D eigenvalue weighted by molar-refractivity contribution is 0.475. The molecule has 4 nitrogen and oxygen atoms in total. The molecule has 2 rings (SSSR count). The number of rotatable bonds is 3. The lowest BCUT2D eigenvalue weighted by Crippen LogP contribution is -2.14. The Labute approximate surface area is 99.6 Å². The van der Waals surface area contributed by atoms with Crippen molar-refractivity contribution in [3.8, 4) is 11.5 Å². The van der Waals surface area contributed by atoms with E-state index in [9.17, 15) is 0 Å². The summed E-state index contributed by atoms with van der Waals surface area (Å²) in [4.78, 5) is 4.03. The first-order valence-corrected chi connectivity index (χ1v) is 5.21. The van der Waals surface area contributed by atoms with E-state index < -0.39 is 0 Å². The van der Waals surface area contributed by atoms with Gasteiger partial charge in [-0.25, -0.2) is 4.98 Å². The Morgan fingerprint density at radius 3 is 2.59 bits per heavy atom. The molecule has 0 spiro atoms. The highest BCUT2D eigenvalue weighted by atomic mass is 16.5. The number of aromatic nitrogens is 1. The maximum atomic E-state index is 7.43. The molecule has 0 bridgehead atoms. The fourth-order valence-corrected chi connectivity index (χ4v) is 1.46. The monoisotopic (exact) mass is 227 g/mol. The van der Waals surface area contributed by atoms with Crippen molar-refractivity contribution in [3.63, 3.8) is 0 Å². The van der Waals surface area contributed by atoms with Gasteiger partial charge in [0.05, 0.1) is 0 Å². The van der Waals surface area contributed by atoms with Crippen LogP contribution in [0, 0.1) is 12.3 Å². The third-order valence-corrected chi connectivity index (χ3v) is 2.34. The van der Waals surface area contributed by atoms with Crippen molar-refractivity contribution in [1.29, 1.82) is 5.41 Å². The Bertz CT molecular complexity index is 552. The van der Waals surface area contributed by atoms with Crippen LogP contribution in [0.2, 0.25) is 0 Å². The van der Waals surface area contributed by atoms with E-state index in [4.69, 9.17) is 15.9 Å². The van der Waals surface area contributed by atoms with Gasteiger partial charge in [0.15, 0.2) is 5.75 Å². The predicted molar refractivity (Wildman–Crippen MR) is 66.5 cm³/mol. The van der Waals surface area contributed by atoms with E-state index >= 15 is 0 Å². The molecule has 0 saturated heterocycles. The number of aryl methyl sites for hydroxylation is 1.